The minimum atomic E-state index is -1.04. The van der Waals surface area contributed by atoms with Gasteiger partial charge in [-0.05, 0) is 31.9 Å². The Labute approximate surface area is 99.6 Å². The minimum absolute atomic E-state index is 0.0242. The van der Waals surface area contributed by atoms with E-state index in [-0.39, 0.29) is 17.9 Å². The molecule has 17 heavy (non-hydrogen) atoms. The zero-order valence-electron chi connectivity index (χ0n) is 9.80. The van der Waals surface area contributed by atoms with Crippen LogP contribution in [0, 0.1) is 0 Å². The topological polar surface area (TPSA) is 73.9 Å². The fourth-order valence-corrected chi connectivity index (χ4v) is 2.15. The van der Waals surface area contributed by atoms with Crippen molar-refractivity contribution in [2.75, 3.05) is 13.1 Å². The summed E-state index contributed by atoms with van der Waals surface area (Å²) >= 11 is 0. The summed E-state index contributed by atoms with van der Waals surface area (Å²) in [5.74, 6) is -0.403. The Balaban J connectivity index is 2.03. The van der Waals surface area contributed by atoms with Gasteiger partial charge in [-0.1, -0.05) is 0 Å². The maximum atomic E-state index is 10.7. The molecule has 0 spiro atoms. The maximum Gasteiger partial charge on any atom is 0.371 e. The number of aliphatic hydroxyl groups is 1. The van der Waals surface area contributed by atoms with Crippen molar-refractivity contribution in [3.63, 3.8) is 0 Å². The van der Waals surface area contributed by atoms with Crippen LogP contribution in [0.3, 0.4) is 0 Å². The smallest absolute Gasteiger partial charge is 0.371 e. The summed E-state index contributed by atoms with van der Waals surface area (Å²) in [4.78, 5) is 12.9. The van der Waals surface area contributed by atoms with E-state index in [1.165, 1.54) is 6.07 Å². The molecule has 0 amide bonds. The Morgan fingerprint density at radius 3 is 2.65 bits per heavy atom. The molecule has 94 valence electrons. The fourth-order valence-electron chi connectivity index (χ4n) is 2.15. The highest BCUT2D eigenvalue weighted by molar-refractivity contribution is 5.84. The van der Waals surface area contributed by atoms with Crippen molar-refractivity contribution in [1.29, 1.82) is 0 Å². The van der Waals surface area contributed by atoms with Gasteiger partial charge in [0, 0.05) is 13.1 Å². The van der Waals surface area contributed by atoms with Gasteiger partial charge in [0.05, 0.1) is 12.1 Å². The average Bonchev–Trinajstić information content (AvgIpc) is 2.78. The second-order valence-corrected chi connectivity index (χ2v) is 4.45. The Kier molecular flexibility index (Phi) is 3.49. The molecule has 2 rings (SSSR count). The summed E-state index contributed by atoms with van der Waals surface area (Å²) in [5.41, 5.74) is 0. The number of hydrogen-bond donors (Lipinski definition) is 2. The molecule has 5 heteroatoms. The van der Waals surface area contributed by atoms with Crippen LogP contribution in [0.2, 0.25) is 0 Å². The van der Waals surface area contributed by atoms with Crippen molar-refractivity contribution >= 4 is 5.97 Å². The number of aromatic carboxylic acids is 1. The zero-order chi connectivity index (χ0) is 12.4. The van der Waals surface area contributed by atoms with E-state index in [0.29, 0.717) is 5.76 Å². The standard InChI is InChI=1S/C12H17NO4/c1-8(13-6-4-9(14)5-7-13)10-2-3-11(17-10)12(15)16/h2-3,8-9,14H,4-7H2,1H3,(H,15,16). The molecule has 0 aromatic carbocycles. The Hall–Kier alpha value is -1.33. The van der Waals surface area contributed by atoms with E-state index in [0.717, 1.165) is 25.9 Å². The first-order chi connectivity index (χ1) is 8.08. The third kappa shape index (κ3) is 2.68. The monoisotopic (exact) mass is 239 g/mol. The van der Waals surface area contributed by atoms with E-state index >= 15 is 0 Å². The van der Waals surface area contributed by atoms with Crippen LogP contribution < -0.4 is 0 Å². The van der Waals surface area contributed by atoms with Crippen LogP contribution in [-0.4, -0.2) is 40.3 Å². The first-order valence-corrected chi connectivity index (χ1v) is 5.83. The summed E-state index contributed by atoms with van der Waals surface area (Å²) in [6.45, 7) is 3.61. The summed E-state index contributed by atoms with van der Waals surface area (Å²) in [6.07, 6.45) is 1.32. The first-order valence-electron chi connectivity index (χ1n) is 5.83. The van der Waals surface area contributed by atoms with Gasteiger partial charge in [-0.2, -0.15) is 0 Å². The first kappa shape index (κ1) is 12.1. The third-order valence-electron chi connectivity index (χ3n) is 3.30. The number of nitrogens with zero attached hydrogens (tertiary/aromatic N) is 1. The molecule has 1 fully saturated rings. The summed E-state index contributed by atoms with van der Waals surface area (Å²) in [7, 11) is 0. The highest BCUT2D eigenvalue weighted by Crippen LogP contribution is 2.25. The third-order valence-corrected chi connectivity index (χ3v) is 3.30. The highest BCUT2D eigenvalue weighted by Gasteiger charge is 2.24. The lowest BCUT2D eigenvalue weighted by Crippen LogP contribution is -2.37. The second-order valence-electron chi connectivity index (χ2n) is 4.45. The summed E-state index contributed by atoms with van der Waals surface area (Å²) in [6, 6.07) is 3.24. The van der Waals surface area contributed by atoms with Crippen LogP contribution in [0.25, 0.3) is 0 Å². The van der Waals surface area contributed by atoms with Gasteiger partial charge < -0.3 is 14.6 Å². The molecule has 0 bridgehead atoms. The molecular weight excluding hydrogens is 222 g/mol. The van der Waals surface area contributed by atoms with Crippen LogP contribution in [0.5, 0.6) is 0 Å². The Bertz CT molecular complexity index is 393. The lowest BCUT2D eigenvalue weighted by molar-refractivity contribution is 0.0570. The van der Waals surface area contributed by atoms with Crippen LogP contribution >= 0.6 is 0 Å². The van der Waals surface area contributed by atoms with Crippen molar-refractivity contribution in [2.24, 2.45) is 0 Å². The predicted molar refractivity (Wildman–Crippen MR) is 60.9 cm³/mol. The van der Waals surface area contributed by atoms with Gasteiger partial charge in [0.25, 0.3) is 0 Å². The zero-order valence-corrected chi connectivity index (χ0v) is 9.80. The van der Waals surface area contributed by atoms with Gasteiger partial charge in [0.1, 0.15) is 5.76 Å². The van der Waals surface area contributed by atoms with Crippen LogP contribution in [0.1, 0.15) is 42.1 Å². The number of aliphatic hydroxyl groups excluding tert-OH is 1. The molecule has 2 N–H and O–H groups in total. The van der Waals surface area contributed by atoms with E-state index < -0.39 is 5.97 Å². The molecule has 1 aliphatic heterocycles. The van der Waals surface area contributed by atoms with E-state index in [9.17, 15) is 9.90 Å². The number of rotatable bonds is 3. The lowest BCUT2D eigenvalue weighted by atomic mass is 10.1. The van der Waals surface area contributed by atoms with Crippen molar-refractivity contribution in [3.05, 3.63) is 23.7 Å². The van der Waals surface area contributed by atoms with E-state index in [1.807, 2.05) is 6.92 Å². The van der Waals surface area contributed by atoms with Gasteiger partial charge in [0.2, 0.25) is 5.76 Å². The van der Waals surface area contributed by atoms with Crippen molar-refractivity contribution in [2.45, 2.75) is 31.9 Å². The van der Waals surface area contributed by atoms with Crippen molar-refractivity contribution < 1.29 is 19.4 Å². The molecule has 5 nitrogen and oxygen atoms in total. The average molecular weight is 239 g/mol. The fraction of sp³-hybridized carbons (Fsp3) is 0.583. The minimum Gasteiger partial charge on any atom is -0.475 e. The molecule has 1 aliphatic rings. The molecule has 1 aromatic rings. The normalized spacial score (nSPS) is 20.4. The summed E-state index contributed by atoms with van der Waals surface area (Å²) < 4.78 is 5.28. The number of likely N-dealkylation sites (tertiary alicyclic amines) is 1. The van der Waals surface area contributed by atoms with Crippen LogP contribution in [0.4, 0.5) is 0 Å². The van der Waals surface area contributed by atoms with E-state index in [2.05, 4.69) is 4.90 Å². The maximum absolute atomic E-state index is 10.7. The molecule has 1 saturated heterocycles. The Morgan fingerprint density at radius 2 is 2.12 bits per heavy atom. The number of carbonyl (C=O) groups is 1. The number of carboxylic acids is 1. The van der Waals surface area contributed by atoms with Gasteiger partial charge in [-0.3, -0.25) is 4.90 Å². The molecule has 0 saturated carbocycles. The largest absolute Gasteiger partial charge is 0.475 e. The number of furan rings is 1. The molecule has 1 atom stereocenters. The predicted octanol–water partition coefficient (Wildman–Crippen LogP) is 1.50. The van der Waals surface area contributed by atoms with Crippen LogP contribution in [-0.2, 0) is 0 Å². The number of piperidine rings is 1. The number of carboxylic acid groups (broad SMARTS) is 1. The van der Waals surface area contributed by atoms with Crippen LogP contribution in [0.15, 0.2) is 16.5 Å². The van der Waals surface area contributed by atoms with Gasteiger partial charge in [0.15, 0.2) is 0 Å². The van der Waals surface area contributed by atoms with Crippen molar-refractivity contribution in [3.8, 4) is 0 Å². The molecule has 2 heterocycles. The highest BCUT2D eigenvalue weighted by atomic mass is 16.4. The van der Waals surface area contributed by atoms with E-state index in [1.54, 1.807) is 6.07 Å². The van der Waals surface area contributed by atoms with Gasteiger partial charge in [-0.25, -0.2) is 4.79 Å². The Morgan fingerprint density at radius 1 is 1.47 bits per heavy atom. The number of hydrogen-bond acceptors (Lipinski definition) is 4. The molecule has 0 aliphatic carbocycles. The molecule has 1 aromatic heterocycles. The SMILES string of the molecule is CC(c1ccc(C(=O)O)o1)N1CCC(O)CC1. The van der Waals surface area contributed by atoms with E-state index in [4.69, 9.17) is 9.52 Å². The lowest BCUT2D eigenvalue weighted by Gasteiger charge is -2.33. The van der Waals surface area contributed by atoms with Gasteiger partial charge in [-0.15, -0.1) is 0 Å². The molecule has 1 unspecified atom stereocenters. The molecular formula is C12H17NO4. The second kappa shape index (κ2) is 4.89. The quantitative estimate of drug-likeness (QED) is 0.836. The summed E-state index contributed by atoms with van der Waals surface area (Å²) in [5, 5.41) is 18.2. The van der Waals surface area contributed by atoms with Gasteiger partial charge >= 0.3 is 5.97 Å². The molecule has 0 radical (unpaired) electrons. The van der Waals surface area contributed by atoms with Crippen molar-refractivity contribution in [1.82, 2.24) is 4.90 Å².